The lowest BCUT2D eigenvalue weighted by molar-refractivity contribution is -0.128. The summed E-state index contributed by atoms with van der Waals surface area (Å²) in [6, 6.07) is 8.93. The summed E-state index contributed by atoms with van der Waals surface area (Å²) in [5, 5.41) is 14.6. The van der Waals surface area contributed by atoms with Crippen LogP contribution in [0.25, 0.3) is 0 Å². The van der Waals surface area contributed by atoms with Crippen molar-refractivity contribution in [3.05, 3.63) is 29.8 Å². The van der Waals surface area contributed by atoms with E-state index in [2.05, 4.69) is 16.7 Å². The number of nitrogens with zero attached hydrogens (tertiary/aromatic N) is 1. The Balaban J connectivity index is 1.80. The van der Waals surface area contributed by atoms with Crippen molar-refractivity contribution in [1.29, 1.82) is 5.26 Å². The molecule has 1 aliphatic rings. The maximum Gasteiger partial charge on any atom is 0.227 e. The van der Waals surface area contributed by atoms with Gasteiger partial charge in [-0.05, 0) is 43.9 Å². The first-order chi connectivity index (χ1) is 11.6. The van der Waals surface area contributed by atoms with Crippen LogP contribution in [0.4, 0.5) is 5.69 Å². The quantitative estimate of drug-likeness (QED) is 0.782. The van der Waals surface area contributed by atoms with Crippen molar-refractivity contribution >= 4 is 17.5 Å². The number of methoxy groups -OCH3 is 1. The molecule has 6 nitrogen and oxygen atoms in total. The molecule has 128 valence electrons. The van der Waals surface area contributed by atoms with Crippen molar-refractivity contribution in [2.24, 2.45) is 11.8 Å². The van der Waals surface area contributed by atoms with Crippen LogP contribution in [0.15, 0.2) is 24.3 Å². The Morgan fingerprint density at radius 1 is 1.21 bits per heavy atom. The maximum atomic E-state index is 12.3. The monoisotopic (exact) mass is 329 g/mol. The number of carbonyl (C=O) groups excluding carboxylic acids is 2. The minimum absolute atomic E-state index is 0.0205. The Morgan fingerprint density at radius 2 is 1.88 bits per heavy atom. The zero-order valence-corrected chi connectivity index (χ0v) is 13.9. The topological polar surface area (TPSA) is 91.2 Å². The van der Waals surface area contributed by atoms with Crippen LogP contribution in [0.1, 0.15) is 31.2 Å². The highest BCUT2D eigenvalue weighted by Gasteiger charge is 2.29. The molecule has 1 aliphatic carbocycles. The molecule has 2 rings (SSSR count). The van der Waals surface area contributed by atoms with Crippen molar-refractivity contribution in [3.63, 3.8) is 0 Å². The molecule has 0 bridgehead atoms. The van der Waals surface area contributed by atoms with E-state index in [1.807, 2.05) is 0 Å². The molecule has 0 spiro atoms. The van der Waals surface area contributed by atoms with Crippen molar-refractivity contribution in [2.75, 3.05) is 25.6 Å². The van der Waals surface area contributed by atoms with Gasteiger partial charge in [-0.1, -0.05) is 6.07 Å². The fraction of sp³-hybridized carbons (Fsp3) is 0.500. The largest absolute Gasteiger partial charge is 0.383 e. The maximum absolute atomic E-state index is 12.3. The molecule has 2 amide bonds. The number of anilines is 1. The van der Waals surface area contributed by atoms with Gasteiger partial charge in [-0.15, -0.1) is 0 Å². The standard InChI is InChI=1S/C18H23N3O3/c1-24-10-9-20-17(22)14-5-7-15(8-6-14)18(23)21-16-4-2-3-13(11-16)12-19/h2-4,11,14-15H,5-10H2,1H3,(H,20,22)(H,21,23). The molecule has 2 N–H and O–H groups in total. The Morgan fingerprint density at radius 3 is 2.50 bits per heavy atom. The molecule has 0 unspecified atom stereocenters. The average Bonchev–Trinajstić information content (AvgIpc) is 2.62. The molecule has 0 heterocycles. The molecule has 0 radical (unpaired) electrons. The minimum atomic E-state index is -0.0845. The number of rotatable bonds is 6. The van der Waals surface area contributed by atoms with Gasteiger partial charge in [0, 0.05) is 31.2 Å². The van der Waals surface area contributed by atoms with Crippen molar-refractivity contribution < 1.29 is 14.3 Å². The first kappa shape index (κ1) is 18.0. The highest BCUT2D eigenvalue weighted by molar-refractivity contribution is 5.93. The van der Waals surface area contributed by atoms with Crippen LogP contribution >= 0.6 is 0 Å². The van der Waals surface area contributed by atoms with Gasteiger partial charge < -0.3 is 15.4 Å². The fourth-order valence-electron chi connectivity index (χ4n) is 2.95. The molecule has 1 fully saturated rings. The highest BCUT2D eigenvalue weighted by Crippen LogP contribution is 2.29. The lowest BCUT2D eigenvalue weighted by atomic mass is 9.81. The SMILES string of the molecule is COCCNC(=O)C1CCC(C(=O)Nc2cccc(C#N)c2)CC1. The van der Waals surface area contributed by atoms with Crippen molar-refractivity contribution in [1.82, 2.24) is 5.32 Å². The number of hydrogen-bond acceptors (Lipinski definition) is 4. The molecule has 0 aliphatic heterocycles. The van der Waals surface area contributed by atoms with Crippen LogP contribution in [0.2, 0.25) is 0 Å². The number of nitriles is 1. The molecule has 0 aromatic heterocycles. The molecule has 0 atom stereocenters. The second kappa shape index (κ2) is 9.04. The van der Waals surface area contributed by atoms with Crippen LogP contribution in [-0.2, 0) is 14.3 Å². The van der Waals surface area contributed by atoms with Gasteiger partial charge in [-0.25, -0.2) is 0 Å². The Kier molecular flexibility index (Phi) is 6.76. The summed E-state index contributed by atoms with van der Waals surface area (Å²) < 4.78 is 4.91. The summed E-state index contributed by atoms with van der Waals surface area (Å²) in [5.74, 6) is -0.0949. The molecular weight excluding hydrogens is 306 g/mol. The average molecular weight is 329 g/mol. The number of nitrogens with one attached hydrogen (secondary N) is 2. The van der Waals surface area contributed by atoms with Gasteiger partial charge in [0.25, 0.3) is 0 Å². The van der Waals surface area contributed by atoms with Gasteiger partial charge in [0.15, 0.2) is 0 Å². The van der Waals surface area contributed by atoms with Gasteiger partial charge in [-0.2, -0.15) is 5.26 Å². The number of carbonyl (C=O) groups is 2. The van der Waals surface area contributed by atoms with E-state index in [0.29, 0.717) is 37.2 Å². The summed E-state index contributed by atoms with van der Waals surface area (Å²) in [5.41, 5.74) is 1.16. The smallest absolute Gasteiger partial charge is 0.227 e. The number of amides is 2. The van der Waals surface area contributed by atoms with E-state index in [4.69, 9.17) is 10.00 Å². The van der Waals surface area contributed by atoms with Crippen LogP contribution in [-0.4, -0.2) is 32.1 Å². The van der Waals surface area contributed by atoms with E-state index in [-0.39, 0.29) is 23.7 Å². The Hall–Kier alpha value is -2.39. The van der Waals surface area contributed by atoms with Gasteiger partial charge in [0.1, 0.15) is 0 Å². The van der Waals surface area contributed by atoms with Gasteiger partial charge in [0.2, 0.25) is 11.8 Å². The molecule has 24 heavy (non-hydrogen) atoms. The summed E-state index contributed by atoms with van der Waals surface area (Å²) in [6.45, 7) is 1.02. The zero-order valence-electron chi connectivity index (χ0n) is 13.9. The Bertz CT molecular complexity index is 616. The number of benzene rings is 1. The van der Waals surface area contributed by atoms with Gasteiger partial charge >= 0.3 is 0 Å². The van der Waals surface area contributed by atoms with Crippen LogP contribution < -0.4 is 10.6 Å². The third-order valence-electron chi connectivity index (χ3n) is 4.33. The van der Waals surface area contributed by atoms with E-state index in [1.165, 1.54) is 0 Å². The molecule has 6 heteroatoms. The predicted molar refractivity (Wildman–Crippen MR) is 90.1 cm³/mol. The van der Waals surface area contributed by atoms with Crippen LogP contribution in [0.5, 0.6) is 0 Å². The minimum Gasteiger partial charge on any atom is -0.383 e. The van der Waals surface area contributed by atoms with E-state index in [1.54, 1.807) is 31.4 Å². The summed E-state index contributed by atoms with van der Waals surface area (Å²) in [6.07, 6.45) is 2.84. The molecule has 1 aromatic carbocycles. The number of hydrogen-bond donors (Lipinski definition) is 2. The predicted octanol–water partition coefficient (Wildman–Crippen LogP) is 2.07. The molecule has 1 saturated carbocycles. The first-order valence-corrected chi connectivity index (χ1v) is 8.21. The van der Waals surface area contributed by atoms with Gasteiger partial charge in [-0.3, -0.25) is 9.59 Å². The Labute approximate surface area is 142 Å². The zero-order chi connectivity index (χ0) is 17.4. The second-order valence-electron chi connectivity index (χ2n) is 6.01. The molecule has 1 aromatic rings. The summed E-state index contributed by atoms with van der Waals surface area (Å²) >= 11 is 0. The molecular formula is C18H23N3O3. The summed E-state index contributed by atoms with van der Waals surface area (Å²) in [4.78, 5) is 24.4. The third-order valence-corrected chi connectivity index (χ3v) is 4.33. The third kappa shape index (κ3) is 5.07. The number of ether oxygens (including phenoxy) is 1. The van der Waals surface area contributed by atoms with E-state index in [0.717, 1.165) is 12.8 Å². The van der Waals surface area contributed by atoms with Crippen LogP contribution in [0.3, 0.4) is 0 Å². The van der Waals surface area contributed by atoms with Gasteiger partial charge in [0.05, 0.1) is 18.2 Å². The van der Waals surface area contributed by atoms with Crippen molar-refractivity contribution in [3.8, 4) is 6.07 Å². The lowest BCUT2D eigenvalue weighted by Gasteiger charge is -2.27. The van der Waals surface area contributed by atoms with Crippen molar-refractivity contribution in [2.45, 2.75) is 25.7 Å². The van der Waals surface area contributed by atoms with E-state index in [9.17, 15) is 9.59 Å². The first-order valence-electron chi connectivity index (χ1n) is 8.21. The molecule has 0 saturated heterocycles. The summed E-state index contributed by atoms with van der Waals surface area (Å²) in [7, 11) is 1.60. The van der Waals surface area contributed by atoms with E-state index >= 15 is 0 Å². The highest BCUT2D eigenvalue weighted by atomic mass is 16.5. The van der Waals surface area contributed by atoms with E-state index < -0.39 is 0 Å². The van der Waals surface area contributed by atoms with Crippen LogP contribution in [0, 0.1) is 23.2 Å². The lowest BCUT2D eigenvalue weighted by Crippen LogP contribution is -2.36. The normalized spacial score (nSPS) is 20.0. The fourth-order valence-corrected chi connectivity index (χ4v) is 2.95. The second-order valence-corrected chi connectivity index (χ2v) is 6.01.